The molecule has 7 atom stereocenters. The fraction of sp³-hybridized carbons (Fsp3) is 1.00. The first-order valence-corrected chi connectivity index (χ1v) is 9.63. The van der Waals surface area contributed by atoms with Gasteiger partial charge < -0.3 is 50.3 Å². The molecule has 0 aromatic carbocycles. The molecule has 0 aromatic rings. The minimum Gasteiger partial charge on any atom is -0.396 e. The molecule has 0 aliphatic heterocycles. The molecule has 10 nitrogen and oxygen atoms in total. The van der Waals surface area contributed by atoms with Gasteiger partial charge in [0.05, 0.1) is 44.2 Å². The highest BCUT2D eigenvalue weighted by Gasteiger charge is 2.31. The van der Waals surface area contributed by atoms with Gasteiger partial charge in [-0.05, 0) is 12.8 Å². The van der Waals surface area contributed by atoms with Crippen LogP contribution in [0, 0.1) is 11.8 Å². The van der Waals surface area contributed by atoms with Gasteiger partial charge in [-0.3, -0.25) is 0 Å². The van der Waals surface area contributed by atoms with Crippen LogP contribution in [0.2, 0.25) is 0 Å². The first-order valence-electron chi connectivity index (χ1n) is 9.63. The van der Waals surface area contributed by atoms with E-state index >= 15 is 0 Å². The van der Waals surface area contributed by atoms with Gasteiger partial charge in [0.15, 0.2) is 6.29 Å². The highest BCUT2D eigenvalue weighted by molar-refractivity contribution is 4.80. The second kappa shape index (κ2) is 15.4. The van der Waals surface area contributed by atoms with E-state index < -0.39 is 68.5 Å². The Bertz CT molecular complexity index is 368. The van der Waals surface area contributed by atoms with Gasteiger partial charge in [0.25, 0.3) is 0 Å². The van der Waals surface area contributed by atoms with Crippen LogP contribution < -0.4 is 0 Å². The van der Waals surface area contributed by atoms with E-state index in [4.69, 9.17) is 24.8 Å². The predicted octanol–water partition coefficient (Wildman–Crippen LogP) is -2.43. The second-order valence-electron chi connectivity index (χ2n) is 7.20. The molecule has 0 fully saturated rings. The lowest BCUT2D eigenvalue weighted by molar-refractivity contribution is -0.234. The van der Waals surface area contributed by atoms with Crippen molar-refractivity contribution in [3.8, 4) is 0 Å². The number of hydrogen-bond donors (Lipinski definition) is 8. The van der Waals surface area contributed by atoms with Crippen LogP contribution in [0.4, 0.5) is 0 Å². The zero-order valence-electron chi connectivity index (χ0n) is 16.7. The lowest BCUT2D eigenvalue weighted by Crippen LogP contribution is -2.41. The Kier molecular flexibility index (Phi) is 15.2. The zero-order chi connectivity index (χ0) is 21.7. The molecule has 0 aliphatic rings. The summed E-state index contributed by atoms with van der Waals surface area (Å²) in [5.74, 6) is -1.06. The summed E-state index contributed by atoms with van der Waals surface area (Å²) in [6.07, 6.45) is -5.68. The van der Waals surface area contributed by atoms with E-state index in [1.165, 1.54) is 0 Å². The quantitative estimate of drug-likeness (QED) is 0.119. The maximum atomic E-state index is 10.5. The van der Waals surface area contributed by atoms with E-state index in [1.54, 1.807) is 13.8 Å². The minimum atomic E-state index is -1.18. The summed E-state index contributed by atoms with van der Waals surface area (Å²) < 4.78 is 10.9. The third-order valence-electron chi connectivity index (χ3n) is 4.81. The van der Waals surface area contributed by atoms with E-state index in [0.29, 0.717) is 0 Å². The van der Waals surface area contributed by atoms with Gasteiger partial charge in [-0.2, -0.15) is 0 Å². The van der Waals surface area contributed by atoms with Gasteiger partial charge in [-0.25, -0.2) is 0 Å². The molecule has 0 saturated carbocycles. The average molecular weight is 414 g/mol. The summed E-state index contributed by atoms with van der Waals surface area (Å²) in [5, 5.41) is 76.2. The Morgan fingerprint density at radius 2 is 1.29 bits per heavy atom. The van der Waals surface area contributed by atoms with Crippen LogP contribution in [-0.4, -0.2) is 111 Å². The Hall–Kier alpha value is -0.400. The first-order chi connectivity index (χ1) is 13.2. The van der Waals surface area contributed by atoms with Crippen molar-refractivity contribution < 1.29 is 50.3 Å². The molecule has 10 heteroatoms. The molecule has 0 amide bonds. The topological polar surface area (TPSA) is 180 Å². The maximum Gasteiger partial charge on any atom is 0.181 e. The summed E-state index contributed by atoms with van der Waals surface area (Å²) in [6, 6.07) is 0. The summed E-state index contributed by atoms with van der Waals surface area (Å²) >= 11 is 0. The fourth-order valence-corrected chi connectivity index (χ4v) is 2.68. The normalized spacial score (nSPS) is 19.8. The van der Waals surface area contributed by atoms with Crippen molar-refractivity contribution in [1.82, 2.24) is 0 Å². The molecule has 0 radical (unpaired) electrons. The zero-order valence-corrected chi connectivity index (χ0v) is 16.7. The molecule has 170 valence electrons. The molecule has 0 heterocycles. The average Bonchev–Trinajstić information content (AvgIpc) is 2.68. The number of hydrogen-bond acceptors (Lipinski definition) is 10. The van der Waals surface area contributed by atoms with E-state index in [0.717, 1.165) is 0 Å². The van der Waals surface area contributed by atoms with Crippen molar-refractivity contribution in [2.75, 3.05) is 33.0 Å². The van der Waals surface area contributed by atoms with Crippen LogP contribution in [0.15, 0.2) is 0 Å². The third kappa shape index (κ3) is 10.4. The van der Waals surface area contributed by atoms with Crippen molar-refractivity contribution in [3.05, 3.63) is 0 Å². The van der Waals surface area contributed by atoms with Gasteiger partial charge in [-0.15, -0.1) is 0 Å². The second-order valence-corrected chi connectivity index (χ2v) is 7.20. The molecule has 28 heavy (non-hydrogen) atoms. The van der Waals surface area contributed by atoms with Gasteiger partial charge >= 0.3 is 0 Å². The number of aliphatic hydroxyl groups is 8. The number of aliphatic hydroxyl groups excluding tert-OH is 8. The van der Waals surface area contributed by atoms with Crippen molar-refractivity contribution in [2.45, 2.75) is 69.9 Å². The van der Waals surface area contributed by atoms with E-state index in [9.17, 15) is 25.5 Å². The third-order valence-corrected chi connectivity index (χ3v) is 4.81. The molecular weight excluding hydrogens is 376 g/mol. The minimum absolute atomic E-state index is 0.00306. The highest BCUT2D eigenvalue weighted by atomic mass is 16.7. The molecule has 0 aromatic heterocycles. The van der Waals surface area contributed by atoms with Crippen molar-refractivity contribution in [2.24, 2.45) is 11.8 Å². The number of rotatable bonds is 17. The van der Waals surface area contributed by atoms with Crippen molar-refractivity contribution in [1.29, 1.82) is 0 Å². The molecule has 0 rings (SSSR count). The predicted molar refractivity (Wildman–Crippen MR) is 99.2 cm³/mol. The lowest BCUT2D eigenvalue weighted by atomic mass is 9.88. The maximum absolute atomic E-state index is 10.5. The van der Waals surface area contributed by atoms with Crippen LogP contribution in [0.1, 0.15) is 33.1 Å². The van der Waals surface area contributed by atoms with Crippen molar-refractivity contribution in [3.63, 3.8) is 0 Å². The number of ether oxygens (including phenoxy) is 2. The summed E-state index contributed by atoms with van der Waals surface area (Å²) in [6.45, 7) is 1.30. The van der Waals surface area contributed by atoms with Gasteiger partial charge in [0.2, 0.25) is 0 Å². The Morgan fingerprint density at radius 3 is 1.75 bits per heavy atom. The largest absolute Gasteiger partial charge is 0.396 e. The van der Waals surface area contributed by atoms with Gasteiger partial charge in [0, 0.05) is 31.5 Å². The molecule has 8 N–H and O–H groups in total. The van der Waals surface area contributed by atoms with Gasteiger partial charge in [0.1, 0.15) is 6.10 Å². The summed E-state index contributed by atoms with van der Waals surface area (Å²) in [7, 11) is 0. The van der Waals surface area contributed by atoms with Crippen LogP contribution in [-0.2, 0) is 9.47 Å². The first kappa shape index (κ1) is 27.6. The highest BCUT2D eigenvalue weighted by Crippen LogP contribution is 2.23. The molecule has 0 bridgehead atoms. The molecular formula is C18H38O10. The van der Waals surface area contributed by atoms with E-state index in [2.05, 4.69) is 0 Å². The monoisotopic (exact) mass is 414 g/mol. The lowest BCUT2D eigenvalue weighted by Gasteiger charge is -2.33. The van der Waals surface area contributed by atoms with Crippen molar-refractivity contribution >= 4 is 0 Å². The molecule has 7 unspecified atom stereocenters. The van der Waals surface area contributed by atoms with Gasteiger partial charge in [-0.1, -0.05) is 13.8 Å². The van der Waals surface area contributed by atoms with Crippen LogP contribution in [0.3, 0.4) is 0 Å². The standard InChI is InChI=1S/C18H38O10/c1-11(7-20)17(28-18(10-23)27-14(8-21)9-22)6-16(26)12(2)15(25)5-13(24)3-4-19/h11-26H,3-10H2,1-2H3. The Labute approximate surface area is 166 Å². The Morgan fingerprint density at radius 1 is 0.714 bits per heavy atom. The van der Waals surface area contributed by atoms with Crippen LogP contribution in [0.5, 0.6) is 0 Å². The van der Waals surface area contributed by atoms with Crippen LogP contribution >= 0.6 is 0 Å². The summed E-state index contributed by atoms with van der Waals surface area (Å²) in [4.78, 5) is 0. The van der Waals surface area contributed by atoms with E-state index in [-0.39, 0.29) is 32.5 Å². The van der Waals surface area contributed by atoms with E-state index in [1.807, 2.05) is 0 Å². The Balaban J connectivity index is 4.91. The molecule has 0 saturated heterocycles. The van der Waals surface area contributed by atoms with Crippen LogP contribution in [0.25, 0.3) is 0 Å². The smallest absolute Gasteiger partial charge is 0.181 e. The molecule has 0 spiro atoms. The fourth-order valence-electron chi connectivity index (χ4n) is 2.68. The summed E-state index contributed by atoms with van der Waals surface area (Å²) in [5.41, 5.74) is 0. The molecule has 0 aliphatic carbocycles. The SMILES string of the molecule is CC(CO)C(CC(O)C(C)C(O)CC(O)CCO)OC(CO)OC(CO)CO.